The number of benzene rings is 1. The van der Waals surface area contributed by atoms with Crippen molar-refractivity contribution in [2.75, 3.05) is 0 Å². The summed E-state index contributed by atoms with van der Waals surface area (Å²) in [7, 11) is 0. The summed E-state index contributed by atoms with van der Waals surface area (Å²) in [6.45, 7) is 9.57. The molecule has 0 aliphatic heterocycles. The molecule has 0 amide bonds. The van der Waals surface area contributed by atoms with Gasteiger partial charge in [0.1, 0.15) is 5.75 Å². The van der Waals surface area contributed by atoms with E-state index in [4.69, 9.17) is 5.10 Å². The van der Waals surface area contributed by atoms with Gasteiger partial charge in [-0.1, -0.05) is 13.0 Å². The van der Waals surface area contributed by atoms with Crippen molar-refractivity contribution in [1.82, 2.24) is 9.78 Å². The number of phenolic OH excluding ortho intramolecular Hbond substituents is 1. The second kappa shape index (κ2) is 7.61. The minimum Gasteiger partial charge on any atom is -0.508 e. The maximum Gasteiger partial charge on any atom is 0.115 e. The Labute approximate surface area is 185 Å². The second-order valence-electron chi connectivity index (χ2n) is 9.98. The maximum absolute atomic E-state index is 9.89. The third kappa shape index (κ3) is 3.24. The van der Waals surface area contributed by atoms with Crippen molar-refractivity contribution >= 4 is 11.9 Å². The second-order valence-corrected chi connectivity index (χ2v) is 9.98. The Hall–Kier alpha value is -2.43. The summed E-state index contributed by atoms with van der Waals surface area (Å²) in [4.78, 5) is 0. The van der Waals surface area contributed by atoms with E-state index in [1.54, 1.807) is 0 Å². The average molecular weight is 419 g/mol. The van der Waals surface area contributed by atoms with E-state index in [-0.39, 0.29) is 5.41 Å². The van der Waals surface area contributed by atoms with Gasteiger partial charge in [0.05, 0.1) is 11.9 Å². The van der Waals surface area contributed by atoms with E-state index in [1.807, 2.05) is 30.0 Å². The van der Waals surface area contributed by atoms with E-state index in [9.17, 15) is 5.11 Å². The molecule has 1 heterocycles. The standard InChI is InChI=1S/C26H34N4O/c1-5-30-17(3)23(16(2)29-30)15-27-28-25-11-10-24-22-8-6-18-14-19(31)7-9-20(18)21(22)12-13-26(24,25)4/h7,9,14-15,21-22,24,31H,5-6,8,10-13H2,1-4H3/b27-15+,28-25+. The molecule has 1 aromatic heterocycles. The highest BCUT2D eigenvalue weighted by Gasteiger charge is 2.53. The molecule has 4 atom stereocenters. The third-order valence-corrected chi connectivity index (χ3v) is 8.55. The topological polar surface area (TPSA) is 62.8 Å². The number of phenols is 1. The third-order valence-electron chi connectivity index (χ3n) is 8.55. The van der Waals surface area contributed by atoms with Crippen LogP contribution in [0.2, 0.25) is 0 Å². The zero-order chi connectivity index (χ0) is 21.8. The van der Waals surface area contributed by atoms with Crippen LogP contribution in [0.5, 0.6) is 5.75 Å². The van der Waals surface area contributed by atoms with Crippen LogP contribution < -0.4 is 0 Å². The van der Waals surface area contributed by atoms with Crippen molar-refractivity contribution in [2.24, 2.45) is 27.5 Å². The van der Waals surface area contributed by atoms with E-state index in [2.05, 4.69) is 37.0 Å². The van der Waals surface area contributed by atoms with E-state index in [0.717, 1.165) is 42.3 Å². The maximum atomic E-state index is 9.89. The summed E-state index contributed by atoms with van der Waals surface area (Å²) in [5.74, 6) is 2.45. The fraction of sp³-hybridized carbons (Fsp3) is 0.577. The minimum atomic E-state index is 0.171. The lowest BCUT2D eigenvalue weighted by atomic mass is 9.55. The van der Waals surface area contributed by atoms with Gasteiger partial charge in [-0.15, -0.1) is 0 Å². The van der Waals surface area contributed by atoms with E-state index < -0.39 is 0 Å². The van der Waals surface area contributed by atoms with E-state index >= 15 is 0 Å². The minimum absolute atomic E-state index is 0.171. The number of nitrogens with zero attached hydrogens (tertiary/aromatic N) is 4. The van der Waals surface area contributed by atoms with Gasteiger partial charge >= 0.3 is 0 Å². The average Bonchev–Trinajstić information content (AvgIpc) is 3.23. The molecule has 31 heavy (non-hydrogen) atoms. The number of hydrogen-bond donors (Lipinski definition) is 1. The number of fused-ring (bicyclic) bond motifs is 5. The lowest BCUT2D eigenvalue weighted by Gasteiger charge is -2.49. The number of hydrogen-bond acceptors (Lipinski definition) is 4. The monoisotopic (exact) mass is 418 g/mol. The van der Waals surface area contributed by atoms with Gasteiger partial charge in [0, 0.05) is 28.9 Å². The van der Waals surface area contributed by atoms with Gasteiger partial charge in [-0.05, 0) is 100 Å². The van der Waals surface area contributed by atoms with E-state index in [1.165, 1.54) is 42.5 Å². The zero-order valence-electron chi connectivity index (χ0n) is 19.2. The first-order chi connectivity index (χ1) is 14.9. The smallest absolute Gasteiger partial charge is 0.115 e. The summed E-state index contributed by atoms with van der Waals surface area (Å²) in [5.41, 5.74) is 7.59. The Morgan fingerprint density at radius 2 is 2.06 bits per heavy atom. The molecule has 4 unspecified atom stereocenters. The largest absolute Gasteiger partial charge is 0.508 e. The van der Waals surface area contributed by atoms with Crippen molar-refractivity contribution < 1.29 is 5.11 Å². The van der Waals surface area contributed by atoms with Crippen LogP contribution in [0.4, 0.5) is 0 Å². The molecule has 0 bridgehead atoms. The Morgan fingerprint density at radius 1 is 1.23 bits per heavy atom. The van der Waals surface area contributed by atoms with Crippen LogP contribution in [-0.2, 0) is 13.0 Å². The van der Waals surface area contributed by atoms with Crippen molar-refractivity contribution in [3.63, 3.8) is 0 Å². The Bertz CT molecular complexity index is 1070. The molecular weight excluding hydrogens is 384 g/mol. The number of aromatic hydroxyl groups is 1. The lowest BCUT2D eigenvalue weighted by Crippen LogP contribution is -2.42. The summed E-state index contributed by atoms with van der Waals surface area (Å²) in [6, 6.07) is 6.04. The summed E-state index contributed by atoms with van der Waals surface area (Å²) in [5, 5.41) is 23.8. The summed E-state index contributed by atoms with van der Waals surface area (Å²) < 4.78 is 2.03. The first kappa shape index (κ1) is 20.5. The van der Waals surface area contributed by atoms with Gasteiger partial charge in [0.2, 0.25) is 0 Å². The molecule has 1 N–H and O–H groups in total. The number of aryl methyl sites for hydroxylation is 3. The normalized spacial score (nSPS) is 31.1. The SMILES string of the molecule is CCn1nc(C)c(/C=N/N=C2\CCC3C4CCc5cc(O)ccc5C4CCC23C)c1C. The van der Waals surface area contributed by atoms with Crippen molar-refractivity contribution in [1.29, 1.82) is 0 Å². The lowest BCUT2D eigenvalue weighted by molar-refractivity contribution is 0.0955. The highest BCUT2D eigenvalue weighted by molar-refractivity contribution is 5.93. The quantitative estimate of drug-likeness (QED) is 0.524. The van der Waals surface area contributed by atoms with Crippen molar-refractivity contribution in [3.8, 4) is 5.75 Å². The number of aromatic nitrogens is 2. The first-order valence-corrected chi connectivity index (χ1v) is 11.9. The highest BCUT2D eigenvalue weighted by atomic mass is 16.3. The molecule has 1 aromatic carbocycles. The first-order valence-electron chi connectivity index (χ1n) is 11.9. The van der Waals surface area contributed by atoms with Gasteiger partial charge in [-0.3, -0.25) is 4.68 Å². The van der Waals surface area contributed by atoms with Crippen LogP contribution in [0.25, 0.3) is 0 Å². The van der Waals surface area contributed by atoms with Crippen LogP contribution in [0.1, 0.15) is 79.9 Å². The van der Waals surface area contributed by atoms with Crippen LogP contribution in [0, 0.1) is 31.1 Å². The van der Waals surface area contributed by atoms with Crippen LogP contribution in [-0.4, -0.2) is 26.8 Å². The summed E-state index contributed by atoms with van der Waals surface area (Å²) in [6.07, 6.45) is 8.90. The molecule has 5 nitrogen and oxygen atoms in total. The fourth-order valence-electron chi connectivity index (χ4n) is 6.88. The van der Waals surface area contributed by atoms with Crippen LogP contribution >= 0.6 is 0 Å². The number of rotatable bonds is 3. The molecule has 5 rings (SSSR count). The Kier molecular flexibility index (Phi) is 5.03. The Morgan fingerprint density at radius 3 is 2.84 bits per heavy atom. The van der Waals surface area contributed by atoms with Crippen LogP contribution in [0.15, 0.2) is 28.4 Å². The van der Waals surface area contributed by atoms with Crippen molar-refractivity contribution in [2.45, 2.75) is 78.7 Å². The van der Waals surface area contributed by atoms with Crippen LogP contribution in [0.3, 0.4) is 0 Å². The summed E-state index contributed by atoms with van der Waals surface area (Å²) >= 11 is 0. The molecule has 5 heteroatoms. The van der Waals surface area contributed by atoms with Gasteiger partial charge in [0.25, 0.3) is 0 Å². The molecule has 2 saturated carbocycles. The van der Waals surface area contributed by atoms with Gasteiger partial charge < -0.3 is 5.11 Å². The molecule has 2 aromatic rings. The fourth-order valence-corrected chi connectivity index (χ4v) is 6.88. The highest BCUT2D eigenvalue weighted by Crippen LogP contribution is 2.60. The molecule has 2 fully saturated rings. The molecule has 164 valence electrons. The predicted octanol–water partition coefficient (Wildman–Crippen LogP) is 5.56. The molecule has 0 radical (unpaired) electrons. The molecule has 0 spiro atoms. The zero-order valence-corrected chi connectivity index (χ0v) is 19.2. The Balaban J connectivity index is 1.38. The predicted molar refractivity (Wildman–Crippen MR) is 125 cm³/mol. The van der Waals surface area contributed by atoms with Crippen molar-refractivity contribution in [3.05, 3.63) is 46.3 Å². The molecule has 0 saturated heterocycles. The van der Waals surface area contributed by atoms with Gasteiger partial charge in [0.15, 0.2) is 0 Å². The van der Waals surface area contributed by atoms with E-state index in [0.29, 0.717) is 17.6 Å². The molecule has 3 aliphatic rings. The van der Waals surface area contributed by atoms with Gasteiger partial charge in [-0.25, -0.2) is 0 Å². The molecular formula is C26H34N4O. The molecule has 3 aliphatic carbocycles. The van der Waals surface area contributed by atoms with Gasteiger partial charge in [-0.2, -0.15) is 15.3 Å².